The smallest absolute Gasteiger partial charge is 0.142 e. The van der Waals surface area contributed by atoms with Crippen LogP contribution in [0.15, 0.2) is 36.7 Å². The van der Waals surface area contributed by atoms with Crippen molar-refractivity contribution in [3.8, 4) is 0 Å². The summed E-state index contributed by atoms with van der Waals surface area (Å²) in [6.45, 7) is 2.82. The van der Waals surface area contributed by atoms with E-state index in [9.17, 15) is 8.78 Å². The summed E-state index contributed by atoms with van der Waals surface area (Å²) in [6.07, 6.45) is 4.19. The van der Waals surface area contributed by atoms with Crippen LogP contribution in [0.25, 0.3) is 0 Å². The second-order valence-corrected chi connectivity index (χ2v) is 5.24. The van der Waals surface area contributed by atoms with Crippen molar-refractivity contribution in [2.24, 2.45) is 0 Å². The molecule has 2 aromatic rings. The summed E-state index contributed by atoms with van der Waals surface area (Å²) in [5.74, 6) is -0.832. The van der Waals surface area contributed by atoms with E-state index in [1.165, 1.54) is 12.1 Å². The van der Waals surface area contributed by atoms with Crippen LogP contribution in [0.3, 0.4) is 0 Å². The molecule has 0 aliphatic rings. The number of hydrogen-bond donors (Lipinski definition) is 1. The summed E-state index contributed by atoms with van der Waals surface area (Å²) >= 11 is 6.00. The first-order valence-corrected chi connectivity index (χ1v) is 7.26. The normalized spacial score (nSPS) is 12.4. The van der Waals surface area contributed by atoms with E-state index >= 15 is 0 Å². The molecular weight excluding hydrogens is 294 g/mol. The minimum Gasteiger partial charge on any atom is -0.310 e. The lowest BCUT2D eigenvalue weighted by Gasteiger charge is -2.19. The zero-order chi connectivity index (χ0) is 15.2. The van der Waals surface area contributed by atoms with Gasteiger partial charge in [-0.2, -0.15) is 0 Å². The summed E-state index contributed by atoms with van der Waals surface area (Å²) in [5, 5.41) is 3.44. The lowest BCUT2D eigenvalue weighted by atomic mass is 9.99. The largest absolute Gasteiger partial charge is 0.310 e. The van der Waals surface area contributed by atoms with Gasteiger partial charge in [-0.3, -0.25) is 4.98 Å². The highest BCUT2D eigenvalue weighted by Crippen LogP contribution is 2.25. The Morgan fingerprint density at radius 3 is 2.81 bits per heavy atom. The van der Waals surface area contributed by atoms with Crippen LogP contribution in [0.4, 0.5) is 8.78 Å². The van der Waals surface area contributed by atoms with E-state index in [0.717, 1.165) is 24.7 Å². The zero-order valence-corrected chi connectivity index (χ0v) is 12.5. The molecule has 2 rings (SSSR count). The summed E-state index contributed by atoms with van der Waals surface area (Å²) in [4.78, 5) is 3.87. The van der Waals surface area contributed by atoms with E-state index < -0.39 is 5.82 Å². The van der Waals surface area contributed by atoms with Gasteiger partial charge in [0.25, 0.3) is 0 Å². The summed E-state index contributed by atoms with van der Waals surface area (Å²) in [6, 6.07) is 6.00. The van der Waals surface area contributed by atoms with Gasteiger partial charge in [-0.05, 0) is 42.6 Å². The van der Waals surface area contributed by atoms with Crippen molar-refractivity contribution in [2.45, 2.75) is 25.8 Å². The Hall–Kier alpha value is -1.52. The molecule has 0 aliphatic heterocycles. The Bertz CT molecular complexity index is 605. The summed E-state index contributed by atoms with van der Waals surface area (Å²) in [5.41, 5.74) is 1.42. The predicted octanol–water partition coefficient (Wildman–Crippen LogP) is 4.30. The molecule has 0 spiro atoms. The van der Waals surface area contributed by atoms with Crippen LogP contribution in [0.5, 0.6) is 0 Å². The molecule has 0 bridgehead atoms. The van der Waals surface area contributed by atoms with Gasteiger partial charge in [-0.15, -0.1) is 0 Å². The van der Waals surface area contributed by atoms with Gasteiger partial charge >= 0.3 is 0 Å². The third-order valence-corrected chi connectivity index (χ3v) is 3.65. The van der Waals surface area contributed by atoms with Gasteiger partial charge in [-0.1, -0.05) is 30.7 Å². The monoisotopic (exact) mass is 310 g/mol. The predicted molar refractivity (Wildman–Crippen MR) is 80.3 cm³/mol. The number of hydrogen-bond acceptors (Lipinski definition) is 2. The fraction of sp³-hybridized carbons (Fsp3) is 0.312. The quantitative estimate of drug-likeness (QED) is 0.860. The first kappa shape index (κ1) is 15.9. The maximum Gasteiger partial charge on any atom is 0.142 e. The van der Waals surface area contributed by atoms with Crippen LogP contribution < -0.4 is 5.32 Å². The molecule has 1 unspecified atom stereocenters. The number of nitrogens with one attached hydrogen (secondary N) is 1. The fourth-order valence-corrected chi connectivity index (χ4v) is 2.37. The molecule has 112 valence electrons. The summed E-state index contributed by atoms with van der Waals surface area (Å²) < 4.78 is 26.9. The van der Waals surface area contributed by atoms with E-state index in [1.54, 1.807) is 18.3 Å². The van der Waals surface area contributed by atoms with Crippen molar-refractivity contribution in [2.75, 3.05) is 6.54 Å². The zero-order valence-electron chi connectivity index (χ0n) is 11.7. The molecule has 0 radical (unpaired) electrons. The molecular formula is C16H17ClF2N2. The highest BCUT2D eigenvalue weighted by atomic mass is 35.5. The SMILES string of the molecule is CCCNC(Cc1cccc(F)c1Cl)c1cncc(F)c1. The lowest BCUT2D eigenvalue weighted by Crippen LogP contribution is -2.24. The third kappa shape index (κ3) is 4.22. The molecule has 1 aromatic carbocycles. The molecule has 1 aromatic heterocycles. The van der Waals surface area contributed by atoms with Gasteiger partial charge in [0.1, 0.15) is 11.6 Å². The molecule has 0 fully saturated rings. The average molecular weight is 311 g/mol. The van der Waals surface area contributed by atoms with Crippen LogP contribution in [-0.4, -0.2) is 11.5 Å². The average Bonchev–Trinajstić information content (AvgIpc) is 2.47. The van der Waals surface area contributed by atoms with Crippen molar-refractivity contribution in [3.63, 3.8) is 0 Å². The number of nitrogens with zero attached hydrogens (tertiary/aromatic N) is 1. The van der Waals surface area contributed by atoms with E-state index in [2.05, 4.69) is 10.3 Å². The second kappa shape index (κ2) is 7.48. The molecule has 0 saturated carbocycles. The molecule has 0 amide bonds. The van der Waals surface area contributed by atoms with Crippen molar-refractivity contribution in [1.29, 1.82) is 0 Å². The topological polar surface area (TPSA) is 24.9 Å². The van der Waals surface area contributed by atoms with Crippen molar-refractivity contribution < 1.29 is 8.78 Å². The molecule has 21 heavy (non-hydrogen) atoms. The Balaban J connectivity index is 2.26. The van der Waals surface area contributed by atoms with Crippen LogP contribution in [0.1, 0.15) is 30.5 Å². The molecule has 2 nitrogen and oxygen atoms in total. The highest BCUT2D eigenvalue weighted by Gasteiger charge is 2.16. The molecule has 0 saturated heterocycles. The minimum absolute atomic E-state index is 0.116. The Morgan fingerprint density at radius 2 is 2.10 bits per heavy atom. The molecule has 0 aliphatic carbocycles. The van der Waals surface area contributed by atoms with Crippen molar-refractivity contribution >= 4 is 11.6 Å². The Morgan fingerprint density at radius 1 is 1.29 bits per heavy atom. The number of rotatable bonds is 6. The third-order valence-electron chi connectivity index (χ3n) is 3.22. The second-order valence-electron chi connectivity index (χ2n) is 4.86. The first-order chi connectivity index (χ1) is 10.1. The van der Waals surface area contributed by atoms with Gasteiger partial charge < -0.3 is 5.32 Å². The van der Waals surface area contributed by atoms with E-state index in [-0.39, 0.29) is 16.9 Å². The van der Waals surface area contributed by atoms with Gasteiger partial charge in [0.05, 0.1) is 11.2 Å². The molecule has 1 N–H and O–H groups in total. The van der Waals surface area contributed by atoms with E-state index in [1.807, 2.05) is 6.92 Å². The summed E-state index contributed by atoms with van der Waals surface area (Å²) in [7, 11) is 0. The lowest BCUT2D eigenvalue weighted by molar-refractivity contribution is 0.520. The van der Waals surface area contributed by atoms with E-state index in [4.69, 9.17) is 11.6 Å². The van der Waals surface area contributed by atoms with Gasteiger partial charge in [0.2, 0.25) is 0 Å². The number of benzene rings is 1. The van der Waals surface area contributed by atoms with Gasteiger partial charge in [0.15, 0.2) is 0 Å². The Kier molecular flexibility index (Phi) is 5.65. The van der Waals surface area contributed by atoms with Crippen LogP contribution in [0, 0.1) is 11.6 Å². The minimum atomic E-state index is -0.444. The Labute approximate surface area is 128 Å². The molecule has 5 heteroatoms. The standard InChI is InChI=1S/C16H17ClF2N2/c1-2-6-21-15(12-7-13(18)10-20-9-12)8-11-4-3-5-14(19)16(11)17/h3-5,7,9-10,15,21H,2,6,8H2,1H3. The first-order valence-electron chi connectivity index (χ1n) is 6.88. The van der Waals surface area contributed by atoms with E-state index in [0.29, 0.717) is 12.0 Å². The fourth-order valence-electron chi connectivity index (χ4n) is 2.17. The number of halogens is 3. The number of aromatic nitrogens is 1. The van der Waals surface area contributed by atoms with Crippen molar-refractivity contribution in [1.82, 2.24) is 10.3 Å². The van der Waals surface area contributed by atoms with Crippen LogP contribution in [0.2, 0.25) is 5.02 Å². The van der Waals surface area contributed by atoms with Gasteiger partial charge in [-0.25, -0.2) is 8.78 Å². The van der Waals surface area contributed by atoms with Crippen LogP contribution >= 0.6 is 11.6 Å². The highest BCUT2D eigenvalue weighted by molar-refractivity contribution is 6.31. The molecule has 1 heterocycles. The maximum absolute atomic E-state index is 13.5. The van der Waals surface area contributed by atoms with Crippen LogP contribution in [-0.2, 0) is 6.42 Å². The number of pyridine rings is 1. The van der Waals surface area contributed by atoms with Crippen molar-refractivity contribution in [3.05, 3.63) is 64.4 Å². The van der Waals surface area contributed by atoms with Gasteiger partial charge in [0, 0.05) is 12.2 Å². The maximum atomic E-state index is 13.5. The molecule has 1 atom stereocenters.